The van der Waals surface area contributed by atoms with Crippen LogP contribution < -0.4 is 18.9 Å². The van der Waals surface area contributed by atoms with Crippen molar-refractivity contribution < 1.29 is 120 Å². The van der Waals surface area contributed by atoms with Gasteiger partial charge in [-0.05, 0) is 121 Å². The molecule has 9 heterocycles. The molecule has 0 saturated carbocycles. The van der Waals surface area contributed by atoms with Crippen LogP contribution in [0.5, 0.6) is 23.0 Å². The van der Waals surface area contributed by atoms with Gasteiger partial charge >= 0.3 is 0 Å². The lowest BCUT2D eigenvalue weighted by Crippen LogP contribution is -2.60. The predicted octanol–water partition coefficient (Wildman–Crippen LogP) is -0.732. The number of aromatic amines is 2. The van der Waals surface area contributed by atoms with Gasteiger partial charge in [0.25, 0.3) is 0 Å². The van der Waals surface area contributed by atoms with Gasteiger partial charge in [-0.2, -0.15) is 0 Å². The molecule has 4 fully saturated rings. The van der Waals surface area contributed by atoms with Crippen molar-refractivity contribution in [1.82, 2.24) is 19.9 Å². The molecule has 510 valence electrons. The van der Waals surface area contributed by atoms with E-state index in [1.54, 1.807) is 72.8 Å². The van der Waals surface area contributed by atoms with Gasteiger partial charge in [0, 0.05) is 44.3 Å². The van der Waals surface area contributed by atoms with Crippen molar-refractivity contribution in [3.63, 3.8) is 0 Å². The van der Waals surface area contributed by atoms with Gasteiger partial charge in [-0.25, -0.2) is 0 Å². The smallest absolute Gasteiger partial charge is 0.229 e. The summed E-state index contributed by atoms with van der Waals surface area (Å²) in [5.74, 6) is 0.660. The average molecular weight is 1330 g/mol. The van der Waals surface area contributed by atoms with Crippen LogP contribution in [0.2, 0.25) is 0 Å². The molecule has 0 radical (unpaired) electrons. The first-order valence-electron chi connectivity index (χ1n) is 31.4. The minimum absolute atomic E-state index is 0.165. The normalized spacial score (nSPS) is 31.6. The van der Waals surface area contributed by atoms with E-state index in [0.717, 1.165) is 0 Å². The number of nitrogens with zero attached hydrogens (tertiary/aromatic N) is 2. The van der Waals surface area contributed by atoms with Crippen molar-refractivity contribution >= 4 is 22.1 Å². The van der Waals surface area contributed by atoms with Crippen LogP contribution in [0, 0.1) is 0 Å². The number of nitrogens with one attached hydrogen (secondary N) is 2. The molecule has 13 rings (SSSR count). The Balaban J connectivity index is 1.03. The third kappa shape index (κ3) is 13.0. The second-order valence-electron chi connectivity index (χ2n) is 24.5. The molecule has 4 saturated heterocycles. The molecule has 20 atom stereocenters. The van der Waals surface area contributed by atoms with Crippen LogP contribution in [0.1, 0.15) is 22.8 Å². The summed E-state index contributed by atoms with van der Waals surface area (Å²) in [6.45, 7) is -2.74. The molecule has 28 nitrogen and oxygen atoms in total. The first-order chi connectivity index (χ1) is 46.3. The van der Waals surface area contributed by atoms with Gasteiger partial charge in [0.2, 0.25) is 25.2 Å². The Bertz CT molecular complexity index is 3580. The van der Waals surface area contributed by atoms with Crippen molar-refractivity contribution in [2.24, 2.45) is 0 Å². The lowest BCUT2D eigenvalue weighted by molar-refractivity contribution is -0.277. The third-order valence-electron chi connectivity index (χ3n) is 18.2. The molecular weight excluding hydrogens is 1260 g/mol. The Hall–Kier alpha value is -7.60. The summed E-state index contributed by atoms with van der Waals surface area (Å²) >= 11 is 0. The van der Waals surface area contributed by atoms with Gasteiger partial charge in [-0.1, -0.05) is 48.5 Å². The number of aryl methyl sites for hydroxylation is 4. The lowest BCUT2D eigenvalue weighted by atomic mass is 9.99. The van der Waals surface area contributed by atoms with Crippen molar-refractivity contribution in [1.29, 1.82) is 0 Å². The fourth-order valence-electron chi connectivity index (χ4n) is 13.1. The molecule has 28 heteroatoms. The summed E-state index contributed by atoms with van der Waals surface area (Å²) in [4.78, 5) is 18.3. The number of aliphatic hydroxyl groups is 16. The fourth-order valence-corrected chi connectivity index (χ4v) is 13.1. The van der Waals surface area contributed by atoms with E-state index >= 15 is 0 Å². The molecule has 7 aromatic rings. The second-order valence-corrected chi connectivity index (χ2v) is 24.5. The number of hydrogen-bond acceptors (Lipinski definition) is 26. The van der Waals surface area contributed by atoms with Gasteiger partial charge in [0.05, 0.1) is 49.2 Å². The maximum absolute atomic E-state index is 11.1. The zero-order valence-electron chi connectivity index (χ0n) is 51.1. The summed E-state index contributed by atoms with van der Waals surface area (Å²) in [5.41, 5.74) is 8.96. The van der Waals surface area contributed by atoms with Crippen LogP contribution >= 0.6 is 0 Å². The van der Waals surface area contributed by atoms with Gasteiger partial charge < -0.3 is 130 Å². The number of fused-ring (bicyclic) bond motifs is 8. The number of ether oxygens (including phenoxy) is 8. The molecule has 0 aliphatic carbocycles. The van der Waals surface area contributed by atoms with Crippen molar-refractivity contribution in [2.75, 3.05) is 26.4 Å². The maximum Gasteiger partial charge on any atom is 0.229 e. The molecule has 0 unspecified atom stereocenters. The topological polar surface area (TPSA) is 455 Å². The van der Waals surface area contributed by atoms with Gasteiger partial charge in [0.15, 0.2) is 0 Å². The summed E-state index contributed by atoms with van der Waals surface area (Å²) < 4.78 is 47.8. The zero-order chi connectivity index (χ0) is 67.4. The van der Waals surface area contributed by atoms with E-state index in [1.165, 1.54) is 0 Å². The first-order valence-corrected chi connectivity index (χ1v) is 31.4. The molecule has 0 amide bonds. The van der Waals surface area contributed by atoms with E-state index in [9.17, 15) is 81.7 Å². The van der Waals surface area contributed by atoms with E-state index < -0.39 is 149 Å². The van der Waals surface area contributed by atoms with Crippen molar-refractivity contribution in [2.45, 2.75) is 149 Å². The molecule has 6 aliphatic heterocycles. The third-order valence-corrected chi connectivity index (χ3v) is 18.2. The number of rotatable bonds is 16. The fraction of sp³-hybridized carbons (Fsp3) is 0.412. The van der Waals surface area contributed by atoms with Gasteiger partial charge in [-0.15, -0.1) is 0 Å². The van der Waals surface area contributed by atoms with Crippen LogP contribution in [-0.2, 0) is 44.6 Å². The van der Waals surface area contributed by atoms with Crippen LogP contribution in [0.4, 0.5) is 0 Å². The van der Waals surface area contributed by atoms with E-state index in [-0.39, 0.29) is 23.0 Å². The Kier molecular flexibility index (Phi) is 19.6. The van der Waals surface area contributed by atoms with E-state index in [4.69, 9.17) is 47.9 Å². The standard InChI is InChI=1S/C68H74N4O24/c73-25-45-53(77)57(81)61(85)65(93-45)89-33-9-1-5-29(21-33)49-37-13-15-39(69-37)50(30-6-2-10-34(22-30)90-66-62(86)58(82)54(78)46(26-74)94-66)41-17-19-43(71-41)52(32-8-4-12-36(24-32)92-68-64(88)60(84)56(80)48(28-76)96-68)44-20-18-42(72-44)51(40-16-14-38(49)70-40)31-7-3-11-35(23-31)91-67-63(87)59(83)55(79)47(27-75)95-67/h1-13,15,18,20-24,45-48,53-69,72-88H,14,16-17,19,25-28H2/t45-,46-,47-,48-,53-,54-,55-,56-,57+,58+,59+,60+,61-,62-,63-,64-,65-,66-,67-,68-/m1/s1. The predicted molar refractivity (Wildman–Crippen MR) is 335 cm³/mol. The van der Waals surface area contributed by atoms with Crippen LogP contribution in [0.25, 0.3) is 66.6 Å². The second kappa shape index (κ2) is 28.1. The Morgan fingerprint density at radius 1 is 0.302 bits per heavy atom. The summed E-state index contributed by atoms with van der Waals surface area (Å²) in [7, 11) is 0. The summed E-state index contributed by atoms with van der Waals surface area (Å²) in [6, 6.07) is 34.7. The largest absolute Gasteiger partial charge is 0.462 e. The highest BCUT2D eigenvalue weighted by Gasteiger charge is 2.48. The molecule has 0 spiro atoms. The van der Waals surface area contributed by atoms with Gasteiger partial charge in [0.1, 0.15) is 121 Å². The highest BCUT2D eigenvalue weighted by molar-refractivity contribution is 5.92. The molecule has 8 bridgehead atoms. The zero-order valence-corrected chi connectivity index (χ0v) is 51.1. The SMILES string of the molecule is OC[C@H]1O[C@@H](Oc2cccc(-c3c4nc(c(-c5cccc(O[C@@H]6O[C@H](CO)[C@@H](O)[C@H](O)[C@H]6O)c5)c5ccc([nH]5)c(-c5cccc(O[C@@H]6O[C@H](CO)[C@@H](O)[C@H](O)[C@H]6O)c5)c5nc(c(-c6cccc(O[C@@H]7O[C@H](CO)[C@@H](O)[C@H](O)[C@H]7O)c6)c6ccc3[nH]6)CC5)CC4)c2)[C@H](O)[C@@H](O)[C@@H]1O. The molecule has 4 aromatic carbocycles. The number of aliphatic hydroxyl groups excluding tert-OH is 16. The van der Waals surface area contributed by atoms with Crippen molar-refractivity contribution in [3.05, 3.63) is 144 Å². The monoisotopic (exact) mass is 1330 g/mol. The minimum Gasteiger partial charge on any atom is -0.462 e. The lowest BCUT2D eigenvalue weighted by Gasteiger charge is -2.39. The Labute approximate surface area is 546 Å². The molecular formula is C68H74N4O24. The molecule has 3 aromatic heterocycles. The molecule has 96 heavy (non-hydrogen) atoms. The number of benzene rings is 4. The number of aromatic nitrogens is 4. The minimum atomic E-state index is -1.73. The summed E-state index contributed by atoms with van der Waals surface area (Å²) in [6.07, 6.45) is -30.2. The quantitative estimate of drug-likeness (QED) is 0.0567. The summed E-state index contributed by atoms with van der Waals surface area (Å²) in [5, 5.41) is 170. The molecule has 6 aliphatic rings. The average Bonchev–Trinajstić information content (AvgIpc) is 1.62. The highest BCUT2D eigenvalue weighted by Crippen LogP contribution is 2.42. The number of H-pyrrole nitrogens is 2. The van der Waals surface area contributed by atoms with Gasteiger partial charge in [-0.3, -0.25) is 9.97 Å². The maximum atomic E-state index is 11.1. The molecule has 18 N–H and O–H groups in total. The first kappa shape index (κ1) is 67.0. The Morgan fingerprint density at radius 2 is 0.521 bits per heavy atom. The van der Waals surface area contributed by atoms with Crippen LogP contribution in [0.3, 0.4) is 0 Å². The van der Waals surface area contributed by atoms with Crippen molar-refractivity contribution in [3.8, 4) is 67.5 Å². The van der Waals surface area contributed by atoms with Crippen LogP contribution in [-0.4, -0.2) is 251 Å². The van der Waals surface area contributed by atoms with Crippen LogP contribution in [0.15, 0.2) is 121 Å². The number of hydrogen-bond donors (Lipinski definition) is 18. The highest BCUT2D eigenvalue weighted by atomic mass is 16.7. The van der Waals surface area contributed by atoms with E-state index in [1.807, 2.05) is 48.5 Å². The van der Waals surface area contributed by atoms with E-state index in [0.29, 0.717) is 115 Å². The van der Waals surface area contributed by atoms with E-state index in [2.05, 4.69) is 9.97 Å². The Morgan fingerprint density at radius 3 is 0.729 bits per heavy atom.